The Balaban J connectivity index is 0. The molecule has 1 atom stereocenters. The molecule has 0 aliphatic rings. The maximum Gasteiger partial charge on any atom is 1.00 e. The fourth-order valence-electron chi connectivity index (χ4n) is 1.83. The number of hydrogen-bond acceptors (Lipinski definition) is 3. The Hall–Kier alpha value is -0.350. The number of carboxylic acids is 1. The molecule has 0 fully saturated rings. The van der Waals surface area contributed by atoms with Crippen LogP contribution < -0.4 is 34.7 Å². The number of aliphatic carboxylic acids is 1. The van der Waals surface area contributed by atoms with Crippen LogP contribution in [0, 0.1) is 0 Å². The van der Waals surface area contributed by atoms with Crippen LogP contribution in [0.4, 0.5) is 0 Å². The van der Waals surface area contributed by atoms with E-state index in [0.717, 1.165) is 12.8 Å². The molecule has 4 heteroatoms. The molecule has 0 amide bonds. The first-order valence-corrected chi connectivity index (χ1v) is 7.99. The largest absolute Gasteiger partial charge is 1.00 e. The van der Waals surface area contributed by atoms with Gasteiger partial charge in [-0.25, -0.2) is 0 Å². The number of aliphatic hydroxyl groups excluding tert-OH is 1. The predicted molar refractivity (Wildman–Crippen MR) is 85.7 cm³/mol. The molecule has 0 aromatic carbocycles. The Morgan fingerprint density at radius 1 is 1.05 bits per heavy atom. The zero-order chi connectivity index (χ0) is 15.8. The molecule has 1 N–H and O–H groups in total. The molecule has 0 saturated carbocycles. The summed E-state index contributed by atoms with van der Waals surface area (Å²) in [6, 6.07) is 0. The summed E-state index contributed by atoms with van der Waals surface area (Å²) in [6.07, 6.45) is 19.5. The van der Waals surface area contributed by atoms with E-state index in [-0.39, 0.29) is 42.4 Å². The summed E-state index contributed by atoms with van der Waals surface area (Å²) in [4.78, 5) is 10.2. The van der Waals surface area contributed by atoms with Gasteiger partial charge >= 0.3 is 29.6 Å². The third kappa shape index (κ3) is 19.7. The van der Waals surface area contributed by atoms with E-state index in [1.807, 2.05) is 12.2 Å². The molecule has 0 saturated heterocycles. The van der Waals surface area contributed by atoms with Crippen LogP contribution >= 0.6 is 0 Å². The molecule has 0 spiro atoms. The molecule has 0 aliphatic carbocycles. The van der Waals surface area contributed by atoms with E-state index in [9.17, 15) is 15.0 Å². The number of rotatable bonds is 13. The number of carbonyl (C=O) groups is 1. The zero-order valence-electron chi connectivity index (χ0n) is 14.2. The Bertz CT molecular complexity index is 335. The number of carbonyl (C=O) groups excluding carboxylic acids is 1. The van der Waals surface area contributed by atoms with Crippen LogP contribution in [-0.4, -0.2) is 17.2 Å². The standard InChI is InChI=1S/C18H30O3.Na/c1-2-3-4-5-6-7-8-9-10-11-12-13-14-17(19)15-16-18(20)21;/h6-7,9-10,12-13,17,19H,2-5,8,11,14-16H2,1H3,(H,20,21);/q;+1/p-1/b7-6-,10-9-,13-12-;. The minimum atomic E-state index is -1.11. The van der Waals surface area contributed by atoms with E-state index in [2.05, 4.69) is 31.2 Å². The second-order valence-electron chi connectivity index (χ2n) is 5.18. The summed E-state index contributed by atoms with van der Waals surface area (Å²) < 4.78 is 0. The van der Waals surface area contributed by atoms with E-state index in [1.165, 1.54) is 25.7 Å². The van der Waals surface area contributed by atoms with Crippen molar-refractivity contribution in [2.24, 2.45) is 0 Å². The predicted octanol–water partition coefficient (Wildman–Crippen LogP) is 0.301. The van der Waals surface area contributed by atoms with Crippen LogP contribution in [0.15, 0.2) is 36.5 Å². The van der Waals surface area contributed by atoms with Crippen molar-refractivity contribution in [2.75, 3.05) is 0 Å². The quantitative estimate of drug-likeness (QED) is 0.302. The summed E-state index contributed by atoms with van der Waals surface area (Å²) in [6.45, 7) is 2.21. The van der Waals surface area contributed by atoms with Crippen molar-refractivity contribution in [3.05, 3.63) is 36.5 Å². The fraction of sp³-hybridized carbons (Fsp3) is 0.611. The van der Waals surface area contributed by atoms with Gasteiger partial charge in [0, 0.05) is 5.97 Å². The molecule has 1 unspecified atom stereocenters. The molecule has 0 radical (unpaired) electrons. The van der Waals surface area contributed by atoms with Crippen molar-refractivity contribution < 1.29 is 44.6 Å². The van der Waals surface area contributed by atoms with Crippen molar-refractivity contribution in [3.8, 4) is 0 Å². The van der Waals surface area contributed by atoms with Crippen LogP contribution in [0.1, 0.15) is 64.7 Å². The summed E-state index contributed by atoms with van der Waals surface area (Å²) in [5, 5.41) is 19.7. The van der Waals surface area contributed by atoms with E-state index in [1.54, 1.807) is 0 Å². The van der Waals surface area contributed by atoms with Gasteiger partial charge in [0.25, 0.3) is 0 Å². The minimum absolute atomic E-state index is 0. The van der Waals surface area contributed by atoms with Crippen molar-refractivity contribution in [1.82, 2.24) is 0 Å². The van der Waals surface area contributed by atoms with Gasteiger partial charge in [0.05, 0.1) is 6.10 Å². The Morgan fingerprint density at radius 2 is 1.64 bits per heavy atom. The van der Waals surface area contributed by atoms with E-state index in [4.69, 9.17) is 0 Å². The van der Waals surface area contributed by atoms with Gasteiger partial charge in [-0.3, -0.25) is 0 Å². The van der Waals surface area contributed by atoms with Gasteiger partial charge in [-0.1, -0.05) is 56.2 Å². The van der Waals surface area contributed by atoms with Crippen LogP contribution in [-0.2, 0) is 4.79 Å². The zero-order valence-corrected chi connectivity index (χ0v) is 16.2. The molecule has 0 aromatic heterocycles. The first-order valence-electron chi connectivity index (χ1n) is 7.99. The molecule has 0 aromatic rings. The third-order valence-electron chi connectivity index (χ3n) is 3.11. The summed E-state index contributed by atoms with van der Waals surface area (Å²) in [5.74, 6) is -1.11. The van der Waals surface area contributed by atoms with Crippen LogP contribution in [0.25, 0.3) is 0 Å². The average Bonchev–Trinajstić information content (AvgIpc) is 2.46. The normalized spacial score (nSPS) is 13.0. The van der Waals surface area contributed by atoms with Gasteiger partial charge in [-0.2, -0.15) is 0 Å². The number of carboxylic acid groups (broad SMARTS) is 1. The molecule has 0 bridgehead atoms. The Morgan fingerprint density at radius 3 is 2.23 bits per heavy atom. The molecule has 22 heavy (non-hydrogen) atoms. The summed E-state index contributed by atoms with van der Waals surface area (Å²) in [5.41, 5.74) is 0. The number of hydrogen-bond donors (Lipinski definition) is 1. The fourth-order valence-corrected chi connectivity index (χ4v) is 1.83. The number of allylic oxidation sites excluding steroid dienone is 5. The van der Waals surface area contributed by atoms with E-state index >= 15 is 0 Å². The monoisotopic (exact) mass is 316 g/mol. The minimum Gasteiger partial charge on any atom is -0.550 e. The van der Waals surface area contributed by atoms with Gasteiger partial charge in [-0.05, 0) is 44.9 Å². The van der Waals surface area contributed by atoms with Crippen LogP contribution in [0.3, 0.4) is 0 Å². The smallest absolute Gasteiger partial charge is 0.550 e. The van der Waals surface area contributed by atoms with E-state index < -0.39 is 12.1 Å². The maximum atomic E-state index is 10.2. The molecular formula is C18H29NaO3. The molecular weight excluding hydrogens is 287 g/mol. The first-order chi connectivity index (χ1) is 10.2. The Labute approximate surface area is 157 Å². The van der Waals surface area contributed by atoms with Gasteiger partial charge in [-0.15, -0.1) is 0 Å². The number of aliphatic hydroxyl groups is 1. The second-order valence-corrected chi connectivity index (χ2v) is 5.18. The topological polar surface area (TPSA) is 60.4 Å². The van der Waals surface area contributed by atoms with Gasteiger partial charge in [0.2, 0.25) is 0 Å². The van der Waals surface area contributed by atoms with Crippen LogP contribution in [0.2, 0.25) is 0 Å². The van der Waals surface area contributed by atoms with E-state index in [0.29, 0.717) is 6.42 Å². The van der Waals surface area contributed by atoms with Gasteiger partial charge in [0.15, 0.2) is 0 Å². The van der Waals surface area contributed by atoms with Crippen molar-refractivity contribution >= 4 is 5.97 Å². The summed E-state index contributed by atoms with van der Waals surface area (Å²) in [7, 11) is 0. The average molecular weight is 316 g/mol. The van der Waals surface area contributed by atoms with Crippen molar-refractivity contribution in [1.29, 1.82) is 0 Å². The molecule has 0 aliphatic heterocycles. The number of unbranched alkanes of at least 4 members (excludes halogenated alkanes) is 3. The molecule has 120 valence electrons. The molecule has 3 nitrogen and oxygen atoms in total. The third-order valence-corrected chi connectivity index (χ3v) is 3.11. The van der Waals surface area contributed by atoms with Gasteiger partial charge < -0.3 is 15.0 Å². The summed E-state index contributed by atoms with van der Waals surface area (Å²) >= 11 is 0. The Kier molecular flexibility index (Phi) is 20.3. The molecule has 0 heterocycles. The van der Waals surface area contributed by atoms with Gasteiger partial charge in [0.1, 0.15) is 0 Å². The van der Waals surface area contributed by atoms with Crippen LogP contribution in [0.5, 0.6) is 0 Å². The second kappa shape index (κ2) is 18.7. The van der Waals surface area contributed by atoms with Crippen molar-refractivity contribution in [3.63, 3.8) is 0 Å². The SMILES string of the molecule is CCCCC/C=C\C/C=C\C/C=C\CC(O)CCC(=O)[O-].[Na+]. The first kappa shape index (κ1) is 23.9. The molecule has 0 rings (SSSR count). The van der Waals surface area contributed by atoms with Crippen molar-refractivity contribution in [2.45, 2.75) is 70.8 Å². The maximum absolute atomic E-state index is 10.2.